The molecule has 0 unspecified atom stereocenters. The monoisotopic (exact) mass is 222 g/mol. The Morgan fingerprint density at radius 1 is 1.07 bits per heavy atom. The van der Waals surface area contributed by atoms with Gasteiger partial charge in [0.15, 0.2) is 5.91 Å². The molecule has 0 aromatic heterocycles. The molecule has 4 nitrogen and oxygen atoms in total. The average molecular weight is 222 g/mol. The molecule has 0 rings (SSSR count). The maximum Gasteiger partial charge on any atom is 0.223 e. The highest BCUT2D eigenvalue weighted by Gasteiger charge is 2.05. The van der Waals surface area contributed by atoms with Crippen molar-refractivity contribution in [3.63, 3.8) is 0 Å². The van der Waals surface area contributed by atoms with Gasteiger partial charge in [-0.2, -0.15) is 0 Å². The first kappa shape index (κ1) is 14.1. The number of hydrogen-bond donors (Lipinski definition) is 0. The lowest BCUT2D eigenvalue weighted by molar-refractivity contribution is -0.0538. The Morgan fingerprint density at radius 3 is 2.36 bits per heavy atom. The molecule has 0 aliphatic heterocycles. The number of rotatable bonds is 10. The first-order valence-electron chi connectivity index (χ1n) is 5.06. The van der Waals surface area contributed by atoms with Crippen molar-refractivity contribution >= 4 is 9.76 Å². The maximum atomic E-state index is 5.42. The molecule has 0 atom stereocenters. The van der Waals surface area contributed by atoms with Crippen LogP contribution in [0.1, 0.15) is 19.8 Å². The highest BCUT2D eigenvalue weighted by molar-refractivity contribution is 6.28. The van der Waals surface area contributed by atoms with Crippen LogP contribution in [0.25, 0.3) is 0 Å². The van der Waals surface area contributed by atoms with E-state index in [1.165, 1.54) is 6.42 Å². The minimum absolute atomic E-state index is 0.134. The van der Waals surface area contributed by atoms with Gasteiger partial charge in [0.1, 0.15) is 0 Å². The van der Waals surface area contributed by atoms with Crippen LogP contribution in [0.3, 0.4) is 0 Å². The summed E-state index contributed by atoms with van der Waals surface area (Å²) in [5.74, 6) is -0.134. The summed E-state index contributed by atoms with van der Waals surface area (Å²) in [5.41, 5.74) is 0. The zero-order chi connectivity index (χ0) is 10.6. The van der Waals surface area contributed by atoms with E-state index in [4.69, 9.17) is 18.6 Å². The third kappa shape index (κ3) is 8.65. The Balaban J connectivity index is 3.04. The van der Waals surface area contributed by atoms with Gasteiger partial charge in [0.05, 0.1) is 13.2 Å². The van der Waals surface area contributed by atoms with E-state index in [0.717, 1.165) is 13.0 Å². The van der Waals surface area contributed by atoms with Gasteiger partial charge in [0.25, 0.3) is 0 Å². The van der Waals surface area contributed by atoms with Crippen molar-refractivity contribution < 1.29 is 18.6 Å². The molecule has 86 valence electrons. The second-order valence-electron chi connectivity index (χ2n) is 2.94. The number of hydrogen-bond acceptors (Lipinski definition) is 4. The summed E-state index contributed by atoms with van der Waals surface area (Å²) in [5, 5.41) is 0. The molecule has 0 aromatic carbocycles. The lowest BCUT2D eigenvalue weighted by atomic mass is 10.4. The van der Waals surface area contributed by atoms with Crippen LogP contribution < -0.4 is 0 Å². The second-order valence-corrected chi connectivity index (χ2v) is 4.35. The fraction of sp³-hybridized carbons (Fsp3) is 1.00. The molecule has 0 radical (unpaired) electrons. The lowest BCUT2D eigenvalue weighted by Crippen LogP contribution is -2.25. The Hall–Kier alpha value is 0.0569. The van der Waals surface area contributed by atoms with Gasteiger partial charge in [-0.25, -0.2) is 0 Å². The fourth-order valence-electron chi connectivity index (χ4n) is 0.878. The molecule has 14 heavy (non-hydrogen) atoms. The molecular weight excluding hydrogens is 200 g/mol. The molecule has 0 spiro atoms. The van der Waals surface area contributed by atoms with E-state index in [1.807, 2.05) is 0 Å². The largest absolute Gasteiger partial charge is 0.416 e. The molecule has 0 saturated carbocycles. The van der Waals surface area contributed by atoms with Crippen LogP contribution in [0.2, 0.25) is 0 Å². The van der Waals surface area contributed by atoms with E-state index >= 15 is 0 Å². The Morgan fingerprint density at radius 2 is 1.79 bits per heavy atom. The molecular formula is C9H22O4Si. The Kier molecular flexibility index (Phi) is 11.2. The third-order valence-corrected chi connectivity index (χ3v) is 3.26. The molecule has 0 bridgehead atoms. The molecule has 0 N–H and O–H groups in total. The molecule has 0 saturated heterocycles. The van der Waals surface area contributed by atoms with Crippen LogP contribution in [-0.2, 0) is 18.6 Å². The number of unbranched alkanes of at least 4 members (excludes halogenated alkanes) is 1. The van der Waals surface area contributed by atoms with Crippen LogP contribution in [0.5, 0.6) is 0 Å². The lowest BCUT2D eigenvalue weighted by Gasteiger charge is -2.12. The van der Waals surface area contributed by atoms with Crippen molar-refractivity contribution in [2.45, 2.75) is 25.7 Å². The summed E-state index contributed by atoms with van der Waals surface area (Å²) in [6.45, 7) is 4.31. The van der Waals surface area contributed by atoms with Crippen molar-refractivity contribution in [1.29, 1.82) is 0 Å². The van der Waals surface area contributed by atoms with Gasteiger partial charge < -0.3 is 18.6 Å². The maximum absolute atomic E-state index is 5.42. The standard InChI is InChI=1S/C9H22O4Si/c1-4-5-6-12-7-8-13-14-9(10-2)11-3/h9H,4-8,14H2,1-3H3. The van der Waals surface area contributed by atoms with E-state index < -0.39 is 9.76 Å². The van der Waals surface area contributed by atoms with Gasteiger partial charge >= 0.3 is 0 Å². The molecule has 0 aromatic rings. The number of methoxy groups -OCH3 is 2. The highest BCUT2D eigenvalue weighted by atomic mass is 28.2. The molecule has 0 aliphatic carbocycles. The van der Waals surface area contributed by atoms with Crippen LogP contribution >= 0.6 is 0 Å². The first-order chi connectivity index (χ1) is 6.85. The van der Waals surface area contributed by atoms with Crippen molar-refractivity contribution in [1.82, 2.24) is 0 Å². The molecule has 5 heteroatoms. The predicted octanol–water partition coefficient (Wildman–Crippen LogP) is 0.480. The van der Waals surface area contributed by atoms with Crippen LogP contribution in [0.15, 0.2) is 0 Å². The number of ether oxygens (including phenoxy) is 3. The van der Waals surface area contributed by atoms with Gasteiger partial charge in [-0.05, 0) is 6.42 Å². The molecule has 0 heterocycles. The summed E-state index contributed by atoms with van der Waals surface area (Å²) in [7, 11) is 2.52. The van der Waals surface area contributed by atoms with E-state index in [1.54, 1.807) is 14.2 Å². The van der Waals surface area contributed by atoms with E-state index in [2.05, 4.69) is 6.92 Å². The van der Waals surface area contributed by atoms with E-state index in [9.17, 15) is 0 Å². The van der Waals surface area contributed by atoms with Gasteiger partial charge in [-0.15, -0.1) is 0 Å². The summed E-state index contributed by atoms with van der Waals surface area (Å²) >= 11 is 0. The van der Waals surface area contributed by atoms with Gasteiger partial charge in [-0.3, -0.25) is 0 Å². The summed E-state index contributed by atoms with van der Waals surface area (Å²) in [6, 6.07) is 0. The molecule has 0 fully saturated rings. The zero-order valence-corrected chi connectivity index (χ0v) is 10.9. The quantitative estimate of drug-likeness (QED) is 0.306. The van der Waals surface area contributed by atoms with Crippen LogP contribution in [0.4, 0.5) is 0 Å². The first-order valence-corrected chi connectivity index (χ1v) is 6.45. The second kappa shape index (κ2) is 11.1. The SMILES string of the molecule is CCCCOCCO[SiH2]C(OC)OC. The highest BCUT2D eigenvalue weighted by Crippen LogP contribution is 1.90. The van der Waals surface area contributed by atoms with Crippen molar-refractivity contribution in [3.8, 4) is 0 Å². The van der Waals surface area contributed by atoms with Crippen molar-refractivity contribution in [2.75, 3.05) is 34.0 Å². The zero-order valence-electron chi connectivity index (χ0n) is 9.45. The molecule has 0 aliphatic rings. The van der Waals surface area contributed by atoms with Gasteiger partial charge in [-0.1, -0.05) is 13.3 Å². The predicted molar refractivity (Wildman–Crippen MR) is 58.0 cm³/mol. The smallest absolute Gasteiger partial charge is 0.223 e. The van der Waals surface area contributed by atoms with Crippen LogP contribution in [-0.4, -0.2) is 49.7 Å². The normalized spacial score (nSPS) is 12.0. The van der Waals surface area contributed by atoms with Crippen LogP contribution in [0, 0.1) is 0 Å². The minimum atomic E-state index is -0.739. The Labute approximate surface area is 88.8 Å². The average Bonchev–Trinajstić information content (AvgIpc) is 2.22. The summed E-state index contributed by atoms with van der Waals surface area (Å²) in [4.78, 5) is 0. The van der Waals surface area contributed by atoms with Gasteiger partial charge in [0.2, 0.25) is 9.76 Å². The summed E-state index contributed by atoms with van der Waals surface area (Å²) in [6.07, 6.45) is 2.29. The van der Waals surface area contributed by atoms with E-state index in [-0.39, 0.29) is 5.91 Å². The topological polar surface area (TPSA) is 36.9 Å². The Bertz CT molecular complexity index is 109. The molecule has 0 amide bonds. The van der Waals surface area contributed by atoms with Gasteiger partial charge in [0, 0.05) is 20.8 Å². The minimum Gasteiger partial charge on any atom is -0.416 e. The van der Waals surface area contributed by atoms with Crippen molar-refractivity contribution in [3.05, 3.63) is 0 Å². The van der Waals surface area contributed by atoms with Crippen molar-refractivity contribution in [2.24, 2.45) is 0 Å². The fourth-order valence-corrected chi connectivity index (χ4v) is 1.63. The summed E-state index contributed by atoms with van der Waals surface area (Å²) < 4.78 is 20.8. The third-order valence-electron chi connectivity index (χ3n) is 1.79. The van der Waals surface area contributed by atoms with E-state index in [0.29, 0.717) is 13.2 Å².